The van der Waals surface area contributed by atoms with Crippen molar-refractivity contribution in [2.24, 2.45) is 5.92 Å². The van der Waals surface area contributed by atoms with Gasteiger partial charge in [0.05, 0.1) is 0 Å². The highest BCUT2D eigenvalue weighted by Gasteiger charge is 2.21. The highest BCUT2D eigenvalue weighted by molar-refractivity contribution is 4.79. The van der Waals surface area contributed by atoms with E-state index < -0.39 is 0 Å². The summed E-state index contributed by atoms with van der Waals surface area (Å²) in [6, 6.07) is 0.597. The Hall–Kier alpha value is -0.0800. The van der Waals surface area contributed by atoms with Crippen LogP contribution in [0.3, 0.4) is 0 Å². The lowest BCUT2D eigenvalue weighted by Gasteiger charge is -2.24. The molecule has 13 heavy (non-hydrogen) atoms. The second-order valence-electron chi connectivity index (χ2n) is 5.38. The van der Waals surface area contributed by atoms with Crippen LogP contribution >= 0.6 is 0 Å². The lowest BCUT2D eigenvalue weighted by atomic mass is 10.1. The van der Waals surface area contributed by atoms with Crippen LogP contribution in [0.15, 0.2) is 0 Å². The first-order chi connectivity index (χ1) is 5.97. The molecule has 2 N–H and O–H groups in total. The normalized spacial score (nSPS) is 20.3. The van der Waals surface area contributed by atoms with Gasteiger partial charge in [0.15, 0.2) is 0 Å². The SMILES string of the molecule is CC(CNC(C)(C)C)NCC1CC1. The maximum Gasteiger partial charge on any atom is 0.0164 e. The van der Waals surface area contributed by atoms with Crippen LogP contribution in [0.4, 0.5) is 0 Å². The molecule has 1 unspecified atom stereocenters. The summed E-state index contributed by atoms with van der Waals surface area (Å²) < 4.78 is 0. The predicted molar refractivity (Wildman–Crippen MR) is 57.9 cm³/mol. The molecule has 0 saturated heterocycles. The molecule has 0 heterocycles. The zero-order valence-corrected chi connectivity index (χ0v) is 9.48. The fourth-order valence-electron chi connectivity index (χ4n) is 1.22. The average molecular weight is 184 g/mol. The van der Waals surface area contributed by atoms with Gasteiger partial charge in [-0.2, -0.15) is 0 Å². The molecule has 0 aromatic heterocycles. The quantitative estimate of drug-likeness (QED) is 0.680. The molecular weight excluding hydrogens is 160 g/mol. The van der Waals surface area contributed by atoms with Crippen molar-refractivity contribution in [3.63, 3.8) is 0 Å². The molecular formula is C11H24N2. The standard InChI is InChI=1S/C11H24N2/c1-9(7-13-11(2,3)4)12-8-10-5-6-10/h9-10,12-13H,5-8H2,1-4H3. The van der Waals surface area contributed by atoms with E-state index >= 15 is 0 Å². The van der Waals surface area contributed by atoms with Crippen LogP contribution < -0.4 is 10.6 Å². The Morgan fingerprint density at radius 2 is 1.92 bits per heavy atom. The van der Waals surface area contributed by atoms with Gasteiger partial charge in [-0.3, -0.25) is 0 Å². The minimum atomic E-state index is 0.246. The first-order valence-electron chi connectivity index (χ1n) is 5.46. The first-order valence-corrected chi connectivity index (χ1v) is 5.46. The summed E-state index contributed by atoms with van der Waals surface area (Å²) in [5.74, 6) is 0.983. The number of hydrogen-bond donors (Lipinski definition) is 2. The van der Waals surface area contributed by atoms with Crippen molar-refractivity contribution in [1.82, 2.24) is 10.6 Å². The van der Waals surface area contributed by atoms with Gasteiger partial charge in [0, 0.05) is 18.1 Å². The van der Waals surface area contributed by atoms with E-state index in [0.717, 1.165) is 12.5 Å². The molecule has 1 fully saturated rings. The molecule has 0 spiro atoms. The highest BCUT2D eigenvalue weighted by Crippen LogP contribution is 2.27. The van der Waals surface area contributed by atoms with Crippen molar-refractivity contribution in [2.45, 2.75) is 52.1 Å². The van der Waals surface area contributed by atoms with Crippen molar-refractivity contribution in [2.75, 3.05) is 13.1 Å². The maximum atomic E-state index is 3.55. The molecule has 0 bridgehead atoms. The van der Waals surface area contributed by atoms with Gasteiger partial charge in [-0.15, -0.1) is 0 Å². The van der Waals surface area contributed by atoms with Gasteiger partial charge >= 0.3 is 0 Å². The summed E-state index contributed by atoms with van der Waals surface area (Å²) in [6.07, 6.45) is 2.87. The van der Waals surface area contributed by atoms with Crippen LogP contribution in [0.25, 0.3) is 0 Å². The fourth-order valence-corrected chi connectivity index (χ4v) is 1.22. The second kappa shape index (κ2) is 4.43. The van der Waals surface area contributed by atoms with Gasteiger partial charge in [0.2, 0.25) is 0 Å². The molecule has 2 heteroatoms. The second-order valence-corrected chi connectivity index (χ2v) is 5.38. The number of nitrogens with one attached hydrogen (secondary N) is 2. The van der Waals surface area contributed by atoms with Crippen LogP contribution in [0, 0.1) is 5.92 Å². The van der Waals surface area contributed by atoms with Gasteiger partial charge in [-0.25, -0.2) is 0 Å². The summed E-state index contributed by atoms with van der Waals surface area (Å²) in [5.41, 5.74) is 0.246. The third-order valence-electron chi connectivity index (χ3n) is 2.39. The maximum absolute atomic E-state index is 3.55. The summed E-state index contributed by atoms with van der Waals surface area (Å²) in [4.78, 5) is 0. The van der Waals surface area contributed by atoms with Crippen molar-refractivity contribution in [1.29, 1.82) is 0 Å². The number of rotatable bonds is 5. The molecule has 0 amide bonds. The Balaban J connectivity index is 1.99. The van der Waals surface area contributed by atoms with Gasteiger partial charge in [-0.1, -0.05) is 0 Å². The summed E-state index contributed by atoms with van der Waals surface area (Å²) in [7, 11) is 0. The zero-order valence-electron chi connectivity index (χ0n) is 9.48. The lowest BCUT2D eigenvalue weighted by Crippen LogP contribution is -2.44. The number of hydrogen-bond acceptors (Lipinski definition) is 2. The molecule has 1 saturated carbocycles. The van der Waals surface area contributed by atoms with Crippen LogP contribution in [0.5, 0.6) is 0 Å². The minimum absolute atomic E-state index is 0.246. The van der Waals surface area contributed by atoms with Crippen LogP contribution in [0.2, 0.25) is 0 Å². The molecule has 1 rings (SSSR count). The Bertz CT molecular complexity index is 145. The van der Waals surface area contributed by atoms with E-state index in [2.05, 4.69) is 38.3 Å². The largest absolute Gasteiger partial charge is 0.313 e. The molecule has 1 atom stereocenters. The summed E-state index contributed by atoms with van der Waals surface area (Å²) in [5, 5.41) is 7.06. The third kappa shape index (κ3) is 6.05. The molecule has 2 nitrogen and oxygen atoms in total. The minimum Gasteiger partial charge on any atom is -0.313 e. The average Bonchev–Trinajstić information content (AvgIpc) is 2.78. The Kier molecular flexibility index (Phi) is 3.74. The Morgan fingerprint density at radius 1 is 1.31 bits per heavy atom. The molecule has 0 aliphatic heterocycles. The fraction of sp³-hybridized carbons (Fsp3) is 1.00. The lowest BCUT2D eigenvalue weighted by molar-refractivity contribution is 0.385. The van der Waals surface area contributed by atoms with Gasteiger partial charge in [-0.05, 0) is 53.0 Å². The Morgan fingerprint density at radius 3 is 2.38 bits per heavy atom. The van der Waals surface area contributed by atoms with E-state index in [-0.39, 0.29) is 5.54 Å². The predicted octanol–water partition coefficient (Wildman–Crippen LogP) is 1.76. The molecule has 1 aliphatic carbocycles. The molecule has 0 aromatic carbocycles. The molecule has 0 radical (unpaired) electrons. The highest BCUT2D eigenvalue weighted by atomic mass is 15.0. The summed E-state index contributed by atoms with van der Waals surface area (Å²) in [6.45, 7) is 11.2. The van der Waals surface area contributed by atoms with Crippen LogP contribution in [0.1, 0.15) is 40.5 Å². The van der Waals surface area contributed by atoms with E-state index in [1.807, 2.05) is 0 Å². The topological polar surface area (TPSA) is 24.1 Å². The smallest absolute Gasteiger partial charge is 0.0164 e. The zero-order chi connectivity index (χ0) is 9.90. The van der Waals surface area contributed by atoms with Crippen molar-refractivity contribution < 1.29 is 0 Å². The van der Waals surface area contributed by atoms with Crippen molar-refractivity contribution in [3.8, 4) is 0 Å². The monoisotopic (exact) mass is 184 g/mol. The molecule has 78 valence electrons. The van der Waals surface area contributed by atoms with Crippen molar-refractivity contribution >= 4 is 0 Å². The van der Waals surface area contributed by atoms with Gasteiger partial charge < -0.3 is 10.6 Å². The summed E-state index contributed by atoms with van der Waals surface area (Å²) >= 11 is 0. The van der Waals surface area contributed by atoms with Crippen LogP contribution in [-0.4, -0.2) is 24.7 Å². The molecule has 0 aromatic rings. The van der Waals surface area contributed by atoms with Crippen molar-refractivity contribution in [3.05, 3.63) is 0 Å². The van der Waals surface area contributed by atoms with E-state index in [1.165, 1.54) is 19.4 Å². The van der Waals surface area contributed by atoms with Gasteiger partial charge in [0.1, 0.15) is 0 Å². The van der Waals surface area contributed by atoms with E-state index in [9.17, 15) is 0 Å². The third-order valence-corrected chi connectivity index (χ3v) is 2.39. The van der Waals surface area contributed by atoms with E-state index in [0.29, 0.717) is 6.04 Å². The van der Waals surface area contributed by atoms with E-state index in [1.54, 1.807) is 0 Å². The first kappa shape index (κ1) is 11.0. The van der Waals surface area contributed by atoms with Crippen LogP contribution in [-0.2, 0) is 0 Å². The molecule has 1 aliphatic rings. The Labute approximate surface area is 82.5 Å². The van der Waals surface area contributed by atoms with Gasteiger partial charge in [0.25, 0.3) is 0 Å². The van der Waals surface area contributed by atoms with E-state index in [4.69, 9.17) is 0 Å².